The second kappa shape index (κ2) is 14.9. The summed E-state index contributed by atoms with van der Waals surface area (Å²) in [7, 11) is 0. The summed E-state index contributed by atoms with van der Waals surface area (Å²) >= 11 is 0. The summed E-state index contributed by atoms with van der Waals surface area (Å²) in [5, 5.41) is 7.84. The van der Waals surface area contributed by atoms with E-state index >= 15 is 0 Å². The highest BCUT2D eigenvalue weighted by molar-refractivity contribution is 5.68. The number of amides is 3. The molecule has 9 nitrogen and oxygen atoms in total. The first kappa shape index (κ1) is 24.8. The van der Waals surface area contributed by atoms with E-state index in [9.17, 15) is 14.4 Å². The molecule has 0 unspecified atom stereocenters. The number of rotatable bonds is 13. The van der Waals surface area contributed by atoms with Crippen molar-refractivity contribution in [1.29, 1.82) is 0 Å². The van der Waals surface area contributed by atoms with E-state index in [4.69, 9.17) is 14.2 Å². The van der Waals surface area contributed by atoms with Crippen LogP contribution in [0.1, 0.15) is 53.4 Å². The lowest BCUT2D eigenvalue weighted by Gasteiger charge is -2.31. The Morgan fingerprint density at radius 1 is 0.630 bits per heavy atom. The lowest BCUT2D eigenvalue weighted by Crippen LogP contribution is -2.42. The molecular formula is C18H35N3O6. The van der Waals surface area contributed by atoms with Crippen LogP contribution in [0.5, 0.6) is 0 Å². The molecule has 0 saturated carbocycles. The zero-order valence-electron chi connectivity index (χ0n) is 17.0. The summed E-state index contributed by atoms with van der Waals surface area (Å²) in [5.74, 6) is 0. The second-order valence-corrected chi connectivity index (χ2v) is 6.36. The Morgan fingerprint density at radius 2 is 0.926 bits per heavy atom. The van der Waals surface area contributed by atoms with Crippen LogP contribution < -0.4 is 16.0 Å². The lowest BCUT2D eigenvalue weighted by atomic mass is 9.88. The molecule has 0 atom stereocenters. The van der Waals surface area contributed by atoms with Crippen molar-refractivity contribution in [2.24, 2.45) is 5.41 Å². The van der Waals surface area contributed by atoms with Gasteiger partial charge in [0.25, 0.3) is 0 Å². The minimum atomic E-state index is -0.823. The number of carbonyl (C=O) groups is 3. The number of hydrogen-bond donors (Lipinski definition) is 3. The number of alkyl carbamates (subject to hydrolysis) is 3. The van der Waals surface area contributed by atoms with Gasteiger partial charge in [0.15, 0.2) is 0 Å². The lowest BCUT2D eigenvalue weighted by molar-refractivity contribution is -0.0174. The summed E-state index contributed by atoms with van der Waals surface area (Å²) in [5.41, 5.74) is -0.823. The fourth-order valence-corrected chi connectivity index (χ4v) is 1.92. The smallest absolute Gasteiger partial charge is 0.407 e. The van der Waals surface area contributed by atoms with Gasteiger partial charge in [-0.15, -0.1) is 0 Å². The highest BCUT2D eigenvalue weighted by atomic mass is 16.6. The van der Waals surface area contributed by atoms with Crippen molar-refractivity contribution in [2.45, 2.75) is 53.4 Å². The van der Waals surface area contributed by atoms with Gasteiger partial charge in [0.05, 0.1) is 5.41 Å². The van der Waals surface area contributed by atoms with Gasteiger partial charge in [-0.2, -0.15) is 0 Å². The van der Waals surface area contributed by atoms with Crippen molar-refractivity contribution < 1.29 is 28.6 Å². The molecule has 9 heteroatoms. The highest BCUT2D eigenvalue weighted by Crippen LogP contribution is 2.24. The van der Waals surface area contributed by atoms with Crippen molar-refractivity contribution in [3.63, 3.8) is 0 Å². The topological polar surface area (TPSA) is 115 Å². The molecule has 0 saturated heterocycles. The Hall–Kier alpha value is -2.19. The zero-order chi connectivity index (χ0) is 20.5. The van der Waals surface area contributed by atoms with E-state index in [1.54, 1.807) is 0 Å². The molecule has 0 bridgehead atoms. The Kier molecular flexibility index (Phi) is 13.7. The largest absolute Gasteiger partial charge is 0.449 e. The Morgan fingerprint density at radius 3 is 1.15 bits per heavy atom. The monoisotopic (exact) mass is 389 g/mol. The fourth-order valence-electron chi connectivity index (χ4n) is 1.92. The van der Waals surface area contributed by atoms with E-state index in [1.165, 1.54) is 0 Å². The van der Waals surface area contributed by atoms with Crippen LogP contribution in [0.3, 0.4) is 0 Å². The summed E-state index contributed by atoms with van der Waals surface area (Å²) in [4.78, 5) is 35.2. The first-order chi connectivity index (χ1) is 12.9. The predicted molar refractivity (Wildman–Crippen MR) is 102 cm³/mol. The van der Waals surface area contributed by atoms with Crippen molar-refractivity contribution >= 4 is 18.3 Å². The van der Waals surface area contributed by atoms with Crippen molar-refractivity contribution in [3.8, 4) is 0 Å². The van der Waals surface area contributed by atoms with E-state index < -0.39 is 23.7 Å². The minimum Gasteiger partial charge on any atom is -0.449 e. The zero-order valence-corrected chi connectivity index (χ0v) is 17.0. The molecule has 0 aliphatic carbocycles. The van der Waals surface area contributed by atoms with Crippen LogP contribution in [0.25, 0.3) is 0 Å². The third kappa shape index (κ3) is 11.9. The van der Waals surface area contributed by atoms with Crippen LogP contribution in [-0.2, 0) is 14.2 Å². The maximum atomic E-state index is 11.7. The van der Waals surface area contributed by atoms with Gasteiger partial charge < -0.3 is 30.2 Å². The van der Waals surface area contributed by atoms with Crippen LogP contribution in [0.15, 0.2) is 0 Å². The fraction of sp³-hybridized carbons (Fsp3) is 0.833. The normalized spacial score (nSPS) is 10.7. The molecule has 0 aliphatic heterocycles. The molecule has 0 fully saturated rings. The quantitative estimate of drug-likeness (QED) is 0.417. The molecule has 0 aliphatic rings. The maximum absolute atomic E-state index is 11.7. The maximum Gasteiger partial charge on any atom is 0.407 e. The molecule has 0 radical (unpaired) electrons. The molecule has 0 heterocycles. The molecule has 27 heavy (non-hydrogen) atoms. The van der Waals surface area contributed by atoms with Crippen LogP contribution in [0, 0.1) is 5.41 Å². The van der Waals surface area contributed by atoms with Gasteiger partial charge in [0, 0.05) is 19.6 Å². The molecule has 0 spiro atoms. The van der Waals surface area contributed by atoms with Gasteiger partial charge in [-0.25, -0.2) is 14.4 Å². The summed E-state index contributed by atoms with van der Waals surface area (Å²) in [6, 6.07) is 0. The summed E-state index contributed by atoms with van der Waals surface area (Å²) in [6.45, 7) is 9.04. The SMILES string of the molecule is CCCNC(=O)OCC(CC)(COC(=O)NCCC)COC(=O)NCCC. The molecule has 0 aromatic rings. The molecular weight excluding hydrogens is 354 g/mol. The van der Waals surface area contributed by atoms with E-state index in [2.05, 4.69) is 16.0 Å². The predicted octanol–water partition coefficient (Wildman–Crippen LogP) is 2.79. The average Bonchev–Trinajstić information content (AvgIpc) is 2.68. The van der Waals surface area contributed by atoms with Gasteiger partial charge in [0.1, 0.15) is 19.8 Å². The van der Waals surface area contributed by atoms with Crippen LogP contribution in [-0.4, -0.2) is 57.7 Å². The van der Waals surface area contributed by atoms with Gasteiger partial charge in [-0.05, 0) is 25.7 Å². The van der Waals surface area contributed by atoms with E-state index in [1.807, 2.05) is 27.7 Å². The molecule has 0 aromatic heterocycles. The van der Waals surface area contributed by atoms with Crippen molar-refractivity contribution in [1.82, 2.24) is 16.0 Å². The Balaban J connectivity index is 4.82. The standard InChI is InChI=1S/C18H35N3O6/c1-5-9-19-15(22)25-12-18(8-4,13-26-16(23)20-10-6-2)14-27-17(24)21-11-7-3/h5-14H2,1-4H3,(H,19,22)(H,20,23)(H,21,24). The van der Waals surface area contributed by atoms with Gasteiger partial charge in [0.2, 0.25) is 0 Å². The third-order valence-electron chi connectivity index (χ3n) is 3.84. The highest BCUT2D eigenvalue weighted by Gasteiger charge is 2.34. The Labute approximate surface area is 161 Å². The molecule has 0 rings (SSSR count). The van der Waals surface area contributed by atoms with Crippen LogP contribution >= 0.6 is 0 Å². The van der Waals surface area contributed by atoms with Crippen LogP contribution in [0.4, 0.5) is 14.4 Å². The van der Waals surface area contributed by atoms with Gasteiger partial charge in [-0.1, -0.05) is 27.7 Å². The van der Waals surface area contributed by atoms with Crippen molar-refractivity contribution in [3.05, 3.63) is 0 Å². The molecule has 0 aromatic carbocycles. The number of hydrogen-bond acceptors (Lipinski definition) is 6. The van der Waals surface area contributed by atoms with Gasteiger partial charge >= 0.3 is 18.3 Å². The minimum absolute atomic E-state index is 0.0405. The summed E-state index contributed by atoms with van der Waals surface area (Å²) in [6.07, 6.45) is 1.18. The first-order valence-corrected chi connectivity index (χ1v) is 9.64. The molecule has 3 amide bonds. The second-order valence-electron chi connectivity index (χ2n) is 6.36. The summed E-state index contributed by atoms with van der Waals surface area (Å²) < 4.78 is 15.8. The Bertz CT molecular complexity index is 385. The molecule has 158 valence electrons. The first-order valence-electron chi connectivity index (χ1n) is 9.64. The van der Waals surface area contributed by atoms with Crippen LogP contribution in [0.2, 0.25) is 0 Å². The van der Waals surface area contributed by atoms with Gasteiger partial charge in [-0.3, -0.25) is 0 Å². The number of ether oxygens (including phenoxy) is 3. The third-order valence-corrected chi connectivity index (χ3v) is 3.84. The number of nitrogens with one attached hydrogen (secondary N) is 3. The number of carbonyl (C=O) groups excluding carboxylic acids is 3. The van der Waals surface area contributed by atoms with E-state index in [-0.39, 0.29) is 19.8 Å². The average molecular weight is 389 g/mol. The van der Waals surface area contributed by atoms with Crippen molar-refractivity contribution in [2.75, 3.05) is 39.5 Å². The van der Waals surface area contributed by atoms with E-state index in [0.29, 0.717) is 26.1 Å². The molecule has 3 N–H and O–H groups in total. The van der Waals surface area contributed by atoms with E-state index in [0.717, 1.165) is 19.3 Å².